The predicted molar refractivity (Wildman–Crippen MR) is 131 cm³/mol. The number of thioether (sulfide) groups is 1. The van der Waals surface area contributed by atoms with E-state index in [4.69, 9.17) is 20.9 Å². The molecule has 0 unspecified atom stereocenters. The van der Waals surface area contributed by atoms with Crippen LogP contribution in [0.2, 0.25) is 0 Å². The second-order valence-electron chi connectivity index (χ2n) is 7.04. The van der Waals surface area contributed by atoms with Crippen molar-refractivity contribution in [3.8, 4) is 17.0 Å². The number of nitro benzene ring substituents is 1. The summed E-state index contributed by atoms with van der Waals surface area (Å²) in [7, 11) is 0. The summed E-state index contributed by atoms with van der Waals surface area (Å²) in [4.78, 5) is 43.9. The molecule has 0 radical (unpaired) electrons. The van der Waals surface area contributed by atoms with Crippen LogP contribution in [0.5, 0.6) is 5.75 Å². The third-order valence-corrected chi connectivity index (χ3v) is 6.45. The lowest BCUT2D eigenvalue weighted by Crippen LogP contribution is -2.11. The summed E-state index contributed by atoms with van der Waals surface area (Å²) in [6, 6.07) is 12.2. The number of hydrogen-bond acceptors (Lipinski definition) is 11. The molecular formula is C22H17N5O6S2. The lowest BCUT2D eigenvalue weighted by atomic mass is 10.1. The van der Waals surface area contributed by atoms with Crippen molar-refractivity contribution < 1.29 is 24.0 Å². The molecule has 2 heterocycles. The topological polar surface area (TPSA) is 174 Å². The van der Waals surface area contributed by atoms with Crippen LogP contribution in [0, 0.1) is 10.1 Å². The Morgan fingerprint density at radius 1 is 1.17 bits per heavy atom. The summed E-state index contributed by atoms with van der Waals surface area (Å²) in [5.41, 5.74) is 13.4. The van der Waals surface area contributed by atoms with Crippen LogP contribution in [-0.4, -0.2) is 33.2 Å². The first-order valence-corrected chi connectivity index (χ1v) is 11.9. The van der Waals surface area contributed by atoms with Crippen molar-refractivity contribution in [2.24, 2.45) is 5.73 Å². The lowest BCUT2D eigenvalue weighted by Gasteiger charge is -2.09. The van der Waals surface area contributed by atoms with Crippen molar-refractivity contribution in [3.63, 3.8) is 0 Å². The van der Waals surface area contributed by atoms with Crippen molar-refractivity contribution in [1.82, 2.24) is 9.97 Å². The summed E-state index contributed by atoms with van der Waals surface area (Å²) < 4.78 is 10.4. The maximum absolute atomic E-state index is 12.2. The van der Waals surface area contributed by atoms with Crippen molar-refractivity contribution in [2.45, 2.75) is 11.8 Å². The molecule has 13 heteroatoms. The molecular weight excluding hydrogens is 494 g/mol. The van der Waals surface area contributed by atoms with E-state index in [9.17, 15) is 19.7 Å². The van der Waals surface area contributed by atoms with Gasteiger partial charge in [-0.05, 0) is 36.1 Å². The first kappa shape index (κ1) is 23.9. The van der Waals surface area contributed by atoms with Gasteiger partial charge in [0, 0.05) is 17.7 Å². The van der Waals surface area contributed by atoms with Crippen molar-refractivity contribution in [2.75, 3.05) is 12.0 Å². The summed E-state index contributed by atoms with van der Waals surface area (Å²) in [6.45, 7) is -0.124. The number of nitrogens with two attached hydrogens (primary N) is 2. The number of amides is 1. The van der Waals surface area contributed by atoms with E-state index in [0.29, 0.717) is 32.2 Å². The Labute approximate surface area is 206 Å². The number of rotatable bonds is 7. The average molecular weight is 512 g/mol. The molecule has 0 spiro atoms. The van der Waals surface area contributed by atoms with E-state index in [1.807, 2.05) is 6.26 Å². The molecule has 4 N–H and O–H groups in total. The fourth-order valence-electron chi connectivity index (χ4n) is 3.17. The Bertz CT molecular complexity index is 1460. The molecule has 2 aromatic carbocycles. The number of aromatic nitrogens is 2. The van der Waals surface area contributed by atoms with Gasteiger partial charge in [0.25, 0.3) is 11.6 Å². The Kier molecular flexibility index (Phi) is 6.80. The minimum atomic E-state index is -0.954. The zero-order valence-electron chi connectivity index (χ0n) is 18.1. The van der Waals surface area contributed by atoms with Crippen LogP contribution < -0.4 is 16.2 Å². The molecule has 0 bridgehead atoms. The van der Waals surface area contributed by atoms with E-state index in [1.54, 1.807) is 24.3 Å². The third-order valence-electron chi connectivity index (χ3n) is 4.79. The van der Waals surface area contributed by atoms with Gasteiger partial charge in [0.15, 0.2) is 5.16 Å². The Balaban J connectivity index is 1.56. The molecule has 1 amide bonds. The van der Waals surface area contributed by atoms with Crippen LogP contribution in [0.15, 0.2) is 53.7 Å². The molecule has 35 heavy (non-hydrogen) atoms. The van der Waals surface area contributed by atoms with Gasteiger partial charge in [0.1, 0.15) is 22.1 Å². The summed E-state index contributed by atoms with van der Waals surface area (Å²) >= 11 is 2.41. The lowest BCUT2D eigenvalue weighted by molar-refractivity contribution is -0.384. The van der Waals surface area contributed by atoms with E-state index >= 15 is 0 Å². The summed E-state index contributed by atoms with van der Waals surface area (Å²) in [5.74, 6) is -0.465. The standard InChI is InChI=1S/C22H17N5O6S2/c1-34-21-25-17(15-16(23)18(19(24)28)35-20(15)26-21)12-3-2-4-14(9-12)33-22(29)32-10-11-5-7-13(8-6-11)27(30)31/h2-9H,10,23H2,1H3,(H2,24,28). The van der Waals surface area contributed by atoms with Gasteiger partial charge >= 0.3 is 6.16 Å². The smallest absolute Gasteiger partial charge is 0.429 e. The largest absolute Gasteiger partial charge is 0.514 e. The van der Waals surface area contributed by atoms with Gasteiger partial charge in [0.2, 0.25) is 0 Å². The normalized spacial score (nSPS) is 10.8. The molecule has 0 aliphatic rings. The second kappa shape index (κ2) is 9.95. The fourth-order valence-corrected chi connectivity index (χ4v) is 4.54. The fraction of sp³-hybridized carbons (Fsp3) is 0.0909. The SMILES string of the molecule is CSc1nc(-c2cccc(OC(=O)OCc3ccc([N+](=O)[O-])cc3)c2)c2c(N)c(C(N)=O)sc2n1. The van der Waals surface area contributed by atoms with Crippen molar-refractivity contribution in [1.29, 1.82) is 0 Å². The third kappa shape index (κ3) is 5.15. The second-order valence-corrected chi connectivity index (χ2v) is 8.81. The number of nitrogen functional groups attached to an aromatic ring is 1. The number of carbonyl (C=O) groups is 2. The number of anilines is 1. The van der Waals surface area contributed by atoms with Gasteiger partial charge < -0.3 is 20.9 Å². The molecule has 0 atom stereocenters. The molecule has 178 valence electrons. The highest BCUT2D eigenvalue weighted by Gasteiger charge is 2.21. The number of ether oxygens (including phenoxy) is 2. The number of nitro groups is 1. The summed E-state index contributed by atoms with van der Waals surface area (Å²) in [6.07, 6.45) is 0.862. The number of non-ortho nitro benzene ring substituents is 1. The molecule has 4 rings (SSSR count). The first-order valence-electron chi connectivity index (χ1n) is 9.89. The average Bonchev–Trinajstić information content (AvgIpc) is 3.19. The highest BCUT2D eigenvalue weighted by Crippen LogP contribution is 2.39. The highest BCUT2D eigenvalue weighted by atomic mass is 32.2. The van der Waals surface area contributed by atoms with Gasteiger partial charge in [-0.25, -0.2) is 14.8 Å². The minimum absolute atomic E-state index is 0.0641. The van der Waals surface area contributed by atoms with Crippen LogP contribution in [0.3, 0.4) is 0 Å². The zero-order valence-corrected chi connectivity index (χ0v) is 19.7. The summed E-state index contributed by atoms with van der Waals surface area (Å²) in [5, 5.41) is 11.7. The van der Waals surface area contributed by atoms with Crippen LogP contribution in [0.25, 0.3) is 21.5 Å². The molecule has 0 saturated heterocycles. The van der Waals surface area contributed by atoms with Crippen LogP contribution in [0.1, 0.15) is 15.2 Å². The van der Waals surface area contributed by atoms with Crippen molar-refractivity contribution >= 4 is 56.8 Å². The maximum atomic E-state index is 12.2. The number of fused-ring (bicyclic) bond motifs is 1. The molecule has 0 fully saturated rings. The molecule has 0 aliphatic carbocycles. The Hall–Kier alpha value is -4.23. The van der Waals surface area contributed by atoms with Gasteiger partial charge in [-0.15, -0.1) is 11.3 Å². The zero-order chi connectivity index (χ0) is 25.1. The molecule has 4 aromatic rings. The first-order chi connectivity index (χ1) is 16.8. The molecule has 11 nitrogen and oxygen atoms in total. The predicted octanol–water partition coefficient (Wildman–Crippen LogP) is 4.39. The van der Waals surface area contributed by atoms with Gasteiger partial charge in [-0.3, -0.25) is 14.9 Å². The monoisotopic (exact) mass is 511 g/mol. The highest BCUT2D eigenvalue weighted by molar-refractivity contribution is 7.98. The van der Waals surface area contributed by atoms with Crippen LogP contribution in [0.4, 0.5) is 16.2 Å². The maximum Gasteiger partial charge on any atom is 0.514 e. The number of thiophene rings is 1. The Morgan fingerprint density at radius 3 is 2.57 bits per heavy atom. The van der Waals surface area contributed by atoms with E-state index in [-0.39, 0.29) is 28.6 Å². The van der Waals surface area contributed by atoms with Crippen molar-refractivity contribution in [3.05, 3.63) is 69.1 Å². The van der Waals surface area contributed by atoms with Gasteiger partial charge in [-0.1, -0.05) is 23.9 Å². The van der Waals surface area contributed by atoms with Crippen LogP contribution in [-0.2, 0) is 11.3 Å². The van der Waals surface area contributed by atoms with E-state index < -0.39 is 17.0 Å². The molecule has 2 aromatic heterocycles. The van der Waals surface area contributed by atoms with E-state index in [1.165, 1.54) is 36.0 Å². The number of primary amides is 1. The number of carbonyl (C=O) groups excluding carboxylic acids is 2. The number of nitrogens with zero attached hydrogens (tertiary/aromatic N) is 3. The number of hydrogen-bond donors (Lipinski definition) is 2. The Morgan fingerprint density at radius 2 is 1.91 bits per heavy atom. The van der Waals surface area contributed by atoms with Gasteiger partial charge in [-0.2, -0.15) is 0 Å². The molecule has 0 aliphatic heterocycles. The molecule has 0 saturated carbocycles. The van der Waals surface area contributed by atoms with Crippen LogP contribution >= 0.6 is 23.1 Å². The quantitative estimate of drug-likeness (QED) is 0.0904. The minimum Gasteiger partial charge on any atom is -0.429 e. The number of benzene rings is 2. The van der Waals surface area contributed by atoms with E-state index in [2.05, 4.69) is 9.97 Å². The van der Waals surface area contributed by atoms with E-state index in [0.717, 1.165) is 11.3 Å². The van der Waals surface area contributed by atoms with Gasteiger partial charge in [0.05, 0.1) is 21.7 Å².